The zero-order chi connectivity index (χ0) is 86.1. The van der Waals surface area contributed by atoms with E-state index >= 15 is 0 Å². The van der Waals surface area contributed by atoms with E-state index in [1.807, 2.05) is 11.3 Å². The van der Waals surface area contributed by atoms with Crippen molar-refractivity contribution >= 4 is 162 Å². The molecule has 0 amide bonds. The van der Waals surface area contributed by atoms with Crippen molar-refractivity contribution in [1.82, 2.24) is 27.4 Å². The maximum Gasteiger partial charge on any atom is 0.0726 e. The van der Waals surface area contributed by atoms with E-state index < -0.39 is 0 Å². The largest absolute Gasteiger partial charge is 0.309 e. The van der Waals surface area contributed by atoms with Gasteiger partial charge in [0.1, 0.15) is 0 Å². The average Bonchev–Trinajstić information content (AvgIpc) is 1.48. The minimum Gasteiger partial charge on any atom is -0.309 e. The van der Waals surface area contributed by atoms with E-state index in [-0.39, 0.29) is 10.8 Å². The fourth-order valence-corrected chi connectivity index (χ4v) is 24.7. The number of benzene rings is 20. The summed E-state index contributed by atoms with van der Waals surface area (Å²) >= 11 is 1.87. The molecule has 0 unspecified atom stereocenters. The summed E-state index contributed by atoms with van der Waals surface area (Å²) in [6.07, 6.45) is 0. The van der Waals surface area contributed by atoms with Gasteiger partial charge < -0.3 is 27.4 Å². The maximum atomic E-state index is 2.49. The molecule has 0 atom stereocenters. The van der Waals surface area contributed by atoms with Crippen LogP contribution in [0.15, 0.2) is 449 Å². The van der Waals surface area contributed by atoms with Gasteiger partial charge in [0.15, 0.2) is 0 Å². The second kappa shape index (κ2) is 28.0. The highest BCUT2D eigenvalue weighted by atomic mass is 32.1. The van der Waals surface area contributed by atoms with Crippen LogP contribution in [-0.4, -0.2) is 27.4 Å². The molecule has 30 rings (SSSR count). The summed E-state index contributed by atoms with van der Waals surface area (Å²) in [6, 6.07) is 166. The quantitative estimate of drug-likeness (QED) is 0.159. The lowest BCUT2D eigenvalue weighted by Crippen LogP contribution is -2.26. The second-order valence-corrected chi connectivity index (χ2v) is 37.2. The van der Waals surface area contributed by atoms with Gasteiger partial charge in [0, 0.05) is 124 Å². The molecule has 7 aromatic heterocycles. The molecule has 0 aliphatic heterocycles. The number of hydrogen-bond acceptors (Lipinski definition) is 1. The van der Waals surface area contributed by atoms with Gasteiger partial charge >= 0.3 is 0 Å². The lowest BCUT2D eigenvalue weighted by molar-refractivity contribution is 0.660. The molecular formula is C124H80N6S. The summed E-state index contributed by atoms with van der Waals surface area (Å²) in [6.45, 7) is 4.71. The van der Waals surface area contributed by atoms with E-state index in [9.17, 15) is 0 Å². The summed E-state index contributed by atoms with van der Waals surface area (Å²) in [5, 5.41) is 17.9. The van der Waals surface area contributed by atoms with Gasteiger partial charge in [-0.2, -0.15) is 0 Å². The Morgan fingerprint density at radius 3 is 0.725 bits per heavy atom. The fourth-order valence-electron chi connectivity index (χ4n) is 23.6. The van der Waals surface area contributed by atoms with Crippen LogP contribution >= 0.6 is 11.3 Å². The molecule has 0 fully saturated rings. The molecule has 6 nitrogen and oxygen atoms in total. The van der Waals surface area contributed by atoms with E-state index in [0.717, 1.165) is 5.69 Å². The first-order chi connectivity index (χ1) is 64.8. The van der Waals surface area contributed by atoms with Crippen molar-refractivity contribution in [3.63, 3.8) is 0 Å². The second-order valence-electron chi connectivity index (χ2n) is 36.1. The van der Waals surface area contributed by atoms with Crippen LogP contribution in [0.1, 0.15) is 47.2 Å². The highest BCUT2D eigenvalue weighted by Gasteiger charge is 2.52. The van der Waals surface area contributed by atoms with Crippen molar-refractivity contribution < 1.29 is 0 Å². The molecule has 0 bridgehead atoms. The number of fused-ring (bicyclic) bond motifs is 34. The van der Waals surface area contributed by atoms with Gasteiger partial charge in [-0.3, -0.25) is 0 Å². The van der Waals surface area contributed by atoms with Crippen molar-refractivity contribution in [3.8, 4) is 67.5 Å². The average molecular weight is 1690 g/mol. The Balaban J connectivity index is 0.0000000997. The molecule has 0 N–H and O–H groups in total. The molecule has 3 aliphatic rings. The molecule has 7 heterocycles. The lowest BCUT2D eigenvalue weighted by Gasteiger charge is -2.30. The van der Waals surface area contributed by atoms with E-state index in [0.29, 0.717) is 0 Å². The molecular weight excluding hydrogens is 1610 g/mol. The topological polar surface area (TPSA) is 29.6 Å². The van der Waals surface area contributed by atoms with Crippen molar-refractivity contribution in [1.29, 1.82) is 0 Å². The van der Waals surface area contributed by atoms with Crippen molar-refractivity contribution in [2.45, 2.75) is 24.7 Å². The molecule has 0 radical (unpaired) electrons. The van der Waals surface area contributed by atoms with E-state index in [2.05, 4.69) is 490 Å². The molecule has 131 heavy (non-hydrogen) atoms. The summed E-state index contributed by atoms with van der Waals surface area (Å²) in [5.74, 6) is 0. The van der Waals surface area contributed by atoms with Crippen molar-refractivity contribution in [2.24, 2.45) is 0 Å². The first kappa shape index (κ1) is 73.6. The highest BCUT2D eigenvalue weighted by Crippen LogP contribution is 2.63. The van der Waals surface area contributed by atoms with Crippen molar-refractivity contribution in [2.75, 3.05) is 0 Å². The smallest absolute Gasteiger partial charge is 0.0726 e. The van der Waals surface area contributed by atoms with E-state index in [1.165, 1.54) is 246 Å². The van der Waals surface area contributed by atoms with Crippen molar-refractivity contribution in [3.05, 3.63) is 482 Å². The number of aromatic nitrogens is 6. The SMILES string of the molecule is CC1(C)c2ccccc2-c2ccc(-n3c4ccccc4c4ccc(-n5c6ccccc6c6ccccc65)cc43)cc21.c1ccc2c(c1)-c1ccccc1C21c2ccccc2-c2ccc(-n3c4ccccc4c4ccc(-n5c6ccccc6c6ccccc65)cc43)cc21.c1ccc2c(c1)sc1ccc(-n3c4ccccc4c4ccc(-n5c6ccccc6c6ccccc65)cc43)cc12. The molecule has 0 saturated heterocycles. The van der Waals surface area contributed by atoms with Crippen LogP contribution in [0.5, 0.6) is 0 Å². The van der Waals surface area contributed by atoms with E-state index in [1.54, 1.807) is 0 Å². The fraction of sp³-hybridized carbons (Fsp3) is 0.0323. The Morgan fingerprint density at radius 2 is 0.374 bits per heavy atom. The maximum absolute atomic E-state index is 2.49. The molecule has 3 aliphatic carbocycles. The Kier molecular flexibility index (Phi) is 15.7. The summed E-state index contributed by atoms with van der Waals surface area (Å²) in [4.78, 5) is 0. The summed E-state index contributed by atoms with van der Waals surface area (Å²) in [5.41, 5.74) is 37.5. The van der Waals surface area contributed by atoms with Crippen LogP contribution in [0.25, 0.3) is 219 Å². The molecule has 612 valence electrons. The monoisotopic (exact) mass is 1680 g/mol. The predicted molar refractivity (Wildman–Crippen MR) is 552 cm³/mol. The number of hydrogen-bond donors (Lipinski definition) is 0. The molecule has 27 aromatic rings. The third-order valence-corrected chi connectivity index (χ3v) is 30.3. The van der Waals surface area contributed by atoms with Gasteiger partial charge in [0.05, 0.1) is 71.6 Å². The van der Waals surface area contributed by atoms with Gasteiger partial charge in [0.2, 0.25) is 0 Å². The van der Waals surface area contributed by atoms with E-state index in [4.69, 9.17) is 0 Å². The van der Waals surface area contributed by atoms with Gasteiger partial charge in [-0.15, -0.1) is 11.3 Å². The lowest BCUT2D eigenvalue weighted by atomic mass is 9.70. The minimum absolute atomic E-state index is 0.0468. The molecule has 0 saturated carbocycles. The summed E-state index contributed by atoms with van der Waals surface area (Å²) in [7, 11) is 0. The number of nitrogens with zero attached hydrogens (tertiary/aromatic N) is 6. The van der Waals surface area contributed by atoms with Crippen LogP contribution in [0.3, 0.4) is 0 Å². The first-order valence-corrected chi connectivity index (χ1v) is 46.3. The zero-order valence-corrected chi connectivity index (χ0v) is 72.6. The third kappa shape index (κ3) is 10.4. The van der Waals surface area contributed by atoms with Crippen LogP contribution in [0, 0.1) is 0 Å². The number of para-hydroxylation sites is 9. The Bertz CT molecular complexity index is 9350. The Labute approximate surface area is 758 Å². The van der Waals surface area contributed by atoms with Crippen LogP contribution in [0.4, 0.5) is 0 Å². The van der Waals surface area contributed by atoms with Gasteiger partial charge in [-0.05, 0) is 206 Å². The van der Waals surface area contributed by atoms with Gasteiger partial charge in [0.25, 0.3) is 0 Å². The predicted octanol–water partition coefficient (Wildman–Crippen LogP) is 32.7. The zero-order valence-electron chi connectivity index (χ0n) is 71.8. The standard InChI is InChI=1S/C49H30N2.C39H28N2.C36H22N2S/c1-7-19-41-33(13-1)34-14-2-8-20-42(34)49(41)43-21-9-3-15-35(43)36-27-25-31(29-44(36)49)51-47-24-12-6-18-39(47)40-28-26-32(30-48(40)51)50-45-22-10-4-16-37(45)38-17-5-11-23-46(38)50;1-39(2)33-15-7-3-11-27(33)28-21-19-25(23-34(28)39)41-37-18-10-6-14-31(37)32-22-20-26(24-38(32)41)40-35-16-8-4-12-29(35)30-13-5-9-17-36(30)40;1-5-13-31-25(9-1)26-10-2-6-14-32(26)37(31)24-17-19-28-27-11-3-7-15-33(27)38(34(28)22-24)23-18-20-36-30(21-23)29-12-4-8-16-35(29)39-36/h1-30H;3-24H,1-2H3;1-22H. The van der Waals surface area contributed by atoms with Crippen LogP contribution < -0.4 is 0 Å². The summed E-state index contributed by atoms with van der Waals surface area (Å²) < 4.78 is 17.3. The normalized spacial score (nSPS) is 13.2. The Morgan fingerprint density at radius 1 is 0.153 bits per heavy atom. The number of thiophene rings is 1. The first-order valence-electron chi connectivity index (χ1n) is 45.4. The minimum atomic E-state index is -0.387. The van der Waals surface area contributed by atoms with Gasteiger partial charge in [-0.25, -0.2) is 0 Å². The molecule has 7 heteroatoms. The molecule has 20 aromatic carbocycles. The highest BCUT2D eigenvalue weighted by molar-refractivity contribution is 7.25. The Hall–Kier alpha value is -16.6. The van der Waals surface area contributed by atoms with Gasteiger partial charge in [-0.1, -0.05) is 323 Å². The molecule has 1 spiro atoms. The third-order valence-electron chi connectivity index (χ3n) is 29.2. The number of rotatable bonds is 6. The van der Waals surface area contributed by atoms with Crippen LogP contribution in [0.2, 0.25) is 0 Å². The van der Waals surface area contributed by atoms with Crippen LogP contribution in [-0.2, 0) is 10.8 Å².